The molecular formula is C13H16ClN3O3. The van der Waals surface area contributed by atoms with Gasteiger partial charge in [-0.15, -0.1) is 0 Å². The van der Waals surface area contributed by atoms with Gasteiger partial charge >= 0.3 is 5.97 Å². The Bertz CT molecular complexity index is 515. The molecule has 0 aromatic carbocycles. The van der Waals surface area contributed by atoms with Crippen molar-refractivity contribution in [1.82, 2.24) is 9.97 Å². The lowest BCUT2D eigenvalue weighted by Gasteiger charge is -2.26. The number of hydrogen-bond acceptors (Lipinski definition) is 4. The van der Waals surface area contributed by atoms with Crippen LogP contribution in [0, 0.1) is 5.41 Å². The molecule has 6 nitrogen and oxygen atoms in total. The molecule has 1 fully saturated rings. The lowest BCUT2D eigenvalue weighted by molar-refractivity contribution is -0.140. The van der Waals surface area contributed by atoms with Crippen molar-refractivity contribution in [3.05, 3.63) is 17.5 Å². The van der Waals surface area contributed by atoms with Crippen LogP contribution in [-0.4, -0.2) is 27.0 Å². The van der Waals surface area contributed by atoms with Gasteiger partial charge in [0.15, 0.2) is 0 Å². The maximum atomic E-state index is 12.1. The van der Waals surface area contributed by atoms with E-state index in [0.29, 0.717) is 5.82 Å². The number of carbonyl (C=O) groups is 2. The molecule has 1 aliphatic rings. The average molecular weight is 298 g/mol. The first-order valence-corrected chi connectivity index (χ1v) is 6.86. The highest BCUT2D eigenvalue weighted by atomic mass is 35.5. The van der Waals surface area contributed by atoms with Gasteiger partial charge in [-0.3, -0.25) is 9.59 Å². The predicted octanol–water partition coefficient (Wildman–Crippen LogP) is 2.49. The van der Waals surface area contributed by atoms with Gasteiger partial charge in [-0.25, -0.2) is 9.97 Å². The van der Waals surface area contributed by atoms with Crippen LogP contribution in [0.2, 0.25) is 5.15 Å². The molecule has 1 aromatic heterocycles. The Kier molecular flexibility index (Phi) is 4.54. The van der Waals surface area contributed by atoms with Gasteiger partial charge in [-0.05, 0) is 18.3 Å². The molecule has 1 aliphatic carbocycles. The highest BCUT2D eigenvalue weighted by Crippen LogP contribution is 2.44. The molecule has 1 amide bonds. The molecule has 0 atom stereocenters. The van der Waals surface area contributed by atoms with Crippen molar-refractivity contribution in [3.63, 3.8) is 0 Å². The third-order valence-electron chi connectivity index (χ3n) is 3.63. The Balaban J connectivity index is 2.00. The van der Waals surface area contributed by atoms with Crippen LogP contribution in [0.1, 0.15) is 38.5 Å². The number of halogens is 1. The Morgan fingerprint density at radius 1 is 1.30 bits per heavy atom. The quantitative estimate of drug-likeness (QED) is 0.815. The maximum Gasteiger partial charge on any atom is 0.303 e. The van der Waals surface area contributed by atoms with Crippen LogP contribution in [0.3, 0.4) is 0 Å². The molecule has 0 radical (unpaired) electrons. The number of anilines is 1. The van der Waals surface area contributed by atoms with E-state index in [-0.39, 0.29) is 23.9 Å². The molecule has 2 N–H and O–H groups in total. The number of aliphatic carboxylic acids is 1. The van der Waals surface area contributed by atoms with Crippen molar-refractivity contribution in [2.24, 2.45) is 5.41 Å². The minimum absolute atomic E-state index is 0.0327. The summed E-state index contributed by atoms with van der Waals surface area (Å²) in [5.74, 6) is -0.758. The summed E-state index contributed by atoms with van der Waals surface area (Å²) >= 11 is 5.71. The zero-order chi connectivity index (χ0) is 14.6. The van der Waals surface area contributed by atoms with Crippen molar-refractivity contribution in [2.45, 2.75) is 38.5 Å². The highest BCUT2D eigenvalue weighted by molar-refractivity contribution is 6.29. The second kappa shape index (κ2) is 6.17. The Labute approximate surface area is 121 Å². The van der Waals surface area contributed by atoms with Gasteiger partial charge in [0.05, 0.1) is 6.42 Å². The van der Waals surface area contributed by atoms with Crippen LogP contribution >= 0.6 is 11.6 Å². The van der Waals surface area contributed by atoms with E-state index in [1.807, 2.05) is 0 Å². The lowest BCUT2D eigenvalue weighted by atomic mass is 9.79. The van der Waals surface area contributed by atoms with Gasteiger partial charge in [0.2, 0.25) is 5.91 Å². The fourth-order valence-corrected chi connectivity index (χ4v) is 2.94. The molecule has 1 aromatic rings. The van der Waals surface area contributed by atoms with E-state index >= 15 is 0 Å². The molecule has 1 heterocycles. The zero-order valence-electron chi connectivity index (χ0n) is 10.9. The number of aromatic nitrogens is 2. The number of nitrogens with zero attached hydrogens (tertiary/aromatic N) is 2. The number of amides is 1. The van der Waals surface area contributed by atoms with E-state index in [1.54, 1.807) is 0 Å². The van der Waals surface area contributed by atoms with Crippen LogP contribution in [-0.2, 0) is 9.59 Å². The van der Waals surface area contributed by atoms with E-state index in [1.165, 1.54) is 12.4 Å². The van der Waals surface area contributed by atoms with E-state index in [2.05, 4.69) is 15.3 Å². The molecule has 20 heavy (non-hydrogen) atoms. The van der Waals surface area contributed by atoms with E-state index in [9.17, 15) is 9.59 Å². The third-order valence-corrected chi connectivity index (χ3v) is 3.83. The van der Waals surface area contributed by atoms with E-state index in [0.717, 1.165) is 25.7 Å². The van der Waals surface area contributed by atoms with Crippen molar-refractivity contribution in [1.29, 1.82) is 0 Å². The minimum Gasteiger partial charge on any atom is -0.481 e. The summed E-state index contributed by atoms with van der Waals surface area (Å²) in [5, 5.41) is 11.9. The number of carboxylic acid groups (broad SMARTS) is 1. The molecule has 0 unspecified atom stereocenters. The number of nitrogens with one attached hydrogen (secondary N) is 1. The minimum atomic E-state index is -0.857. The monoisotopic (exact) mass is 297 g/mol. The first-order chi connectivity index (χ1) is 9.49. The molecule has 1 saturated carbocycles. The Hall–Kier alpha value is -1.69. The fourth-order valence-electron chi connectivity index (χ4n) is 2.79. The average Bonchev–Trinajstić information content (AvgIpc) is 2.75. The van der Waals surface area contributed by atoms with Crippen molar-refractivity contribution in [2.75, 3.05) is 5.32 Å². The van der Waals surface area contributed by atoms with E-state index in [4.69, 9.17) is 16.7 Å². The maximum absolute atomic E-state index is 12.1. The van der Waals surface area contributed by atoms with Gasteiger partial charge in [0, 0.05) is 12.5 Å². The summed E-state index contributed by atoms with van der Waals surface area (Å²) in [6.45, 7) is 0. The Morgan fingerprint density at radius 3 is 2.60 bits per heavy atom. The lowest BCUT2D eigenvalue weighted by Crippen LogP contribution is -2.28. The standard InChI is InChI=1S/C13H16ClN3O3/c14-9-5-10(16-8-15-9)17-11(18)6-13(7-12(19)20)3-1-2-4-13/h5,8H,1-4,6-7H2,(H,19,20)(H,15,16,17,18). The molecule has 0 bridgehead atoms. The molecule has 7 heteroatoms. The van der Waals surface area contributed by atoms with Crippen LogP contribution < -0.4 is 5.32 Å². The number of hydrogen-bond donors (Lipinski definition) is 2. The van der Waals surface area contributed by atoms with Crippen molar-refractivity contribution < 1.29 is 14.7 Å². The highest BCUT2D eigenvalue weighted by Gasteiger charge is 2.38. The van der Waals surface area contributed by atoms with Gasteiger partial charge in [-0.2, -0.15) is 0 Å². The second-order valence-corrected chi connectivity index (χ2v) is 5.62. The molecular weight excluding hydrogens is 282 g/mol. The van der Waals surface area contributed by atoms with Crippen molar-refractivity contribution in [3.8, 4) is 0 Å². The SMILES string of the molecule is O=C(O)CC1(CC(=O)Nc2cc(Cl)ncn2)CCCC1. The van der Waals surface area contributed by atoms with E-state index < -0.39 is 11.4 Å². The van der Waals surface area contributed by atoms with Gasteiger partial charge in [-0.1, -0.05) is 24.4 Å². The molecule has 108 valence electrons. The summed E-state index contributed by atoms with van der Waals surface area (Å²) < 4.78 is 0. The van der Waals surface area contributed by atoms with Gasteiger partial charge < -0.3 is 10.4 Å². The first kappa shape index (κ1) is 14.7. The largest absolute Gasteiger partial charge is 0.481 e. The Morgan fingerprint density at radius 2 is 2.00 bits per heavy atom. The second-order valence-electron chi connectivity index (χ2n) is 5.23. The van der Waals surface area contributed by atoms with Crippen LogP contribution in [0.4, 0.5) is 5.82 Å². The zero-order valence-corrected chi connectivity index (χ0v) is 11.7. The number of rotatable bonds is 5. The molecule has 0 aliphatic heterocycles. The molecule has 2 rings (SSSR count). The third kappa shape index (κ3) is 3.90. The van der Waals surface area contributed by atoms with Gasteiger partial charge in [0.1, 0.15) is 17.3 Å². The topological polar surface area (TPSA) is 92.2 Å². The smallest absolute Gasteiger partial charge is 0.303 e. The predicted molar refractivity (Wildman–Crippen MR) is 73.4 cm³/mol. The van der Waals surface area contributed by atoms with Crippen LogP contribution in [0.15, 0.2) is 12.4 Å². The fraction of sp³-hybridized carbons (Fsp3) is 0.538. The molecule has 0 saturated heterocycles. The normalized spacial score (nSPS) is 16.9. The number of carbonyl (C=O) groups excluding carboxylic acids is 1. The number of carboxylic acids is 1. The summed E-state index contributed by atoms with van der Waals surface area (Å²) in [5.41, 5.74) is -0.424. The summed E-state index contributed by atoms with van der Waals surface area (Å²) in [6.07, 6.45) is 4.99. The molecule has 0 spiro atoms. The first-order valence-electron chi connectivity index (χ1n) is 6.48. The van der Waals surface area contributed by atoms with Crippen molar-refractivity contribution >= 4 is 29.3 Å². The summed E-state index contributed by atoms with van der Waals surface area (Å²) in [4.78, 5) is 30.7. The van der Waals surface area contributed by atoms with Gasteiger partial charge in [0.25, 0.3) is 0 Å². The van der Waals surface area contributed by atoms with Crippen LogP contribution in [0.5, 0.6) is 0 Å². The summed E-state index contributed by atoms with van der Waals surface area (Å²) in [7, 11) is 0. The van der Waals surface area contributed by atoms with Crippen LogP contribution in [0.25, 0.3) is 0 Å². The summed E-state index contributed by atoms with van der Waals surface area (Å²) in [6, 6.07) is 1.46.